The summed E-state index contributed by atoms with van der Waals surface area (Å²) in [5, 5.41) is 0. The first kappa shape index (κ1) is 11.4. The van der Waals surface area contributed by atoms with Crippen LogP contribution in [0.15, 0.2) is 24.3 Å². The first-order chi connectivity index (χ1) is 7.68. The van der Waals surface area contributed by atoms with Crippen LogP contribution in [0.1, 0.15) is 0 Å². The van der Waals surface area contributed by atoms with Crippen molar-refractivity contribution < 1.29 is 9.13 Å². The molecule has 0 saturated carbocycles. The molecule has 1 aliphatic rings. The van der Waals surface area contributed by atoms with Gasteiger partial charge in [-0.25, -0.2) is 4.39 Å². The van der Waals surface area contributed by atoms with Gasteiger partial charge in [0.15, 0.2) is 0 Å². The molecule has 88 valence electrons. The molecular weight excluding hydrogens is 207 g/mol. The lowest BCUT2D eigenvalue weighted by Gasteiger charge is -2.24. The lowest BCUT2D eigenvalue weighted by molar-refractivity contribution is 0.185. The molecule has 4 heteroatoms. The predicted octanol–water partition coefficient (Wildman–Crippen LogP) is 1.24. The third-order valence-electron chi connectivity index (χ3n) is 3.02. The van der Waals surface area contributed by atoms with Crippen LogP contribution in [-0.2, 0) is 4.74 Å². The average molecular weight is 224 g/mol. The van der Waals surface area contributed by atoms with Gasteiger partial charge in [0.2, 0.25) is 0 Å². The molecule has 1 aromatic carbocycles. The number of para-hydroxylation sites is 1. The largest absolute Gasteiger partial charge is 0.379 e. The Bertz CT molecular complexity index is 359. The first-order valence-corrected chi connectivity index (χ1v) is 5.47. The summed E-state index contributed by atoms with van der Waals surface area (Å²) in [5.41, 5.74) is 6.51. The van der Waals surface area contributed by atoms with Crippen LogP contribution in [0.3, 0.4) is 0 Å². The van der Waals surface area contributed by atoms with Gasteiger partial charge in [-0.1, -0.05) is 12.1 Å². The van der Waals surface area contributed by atoms with Crippen molar-refractivity contribution in [2.45, 2.75) is 6.04 Å². The fraction of sp³-hybridized carbons (Fsp3) is 0.500. The minimum Gasteiger partial charge on any atom is -0.379 e. The molecule has 0 spiro atoms. The summed E-state index contributed by atoms with van der Waals surface area (Å²) in [7, 11) is 1.88. The first-order valence-electron chi connectivity index (χ1n) is 5.47. The normalized spacial score (nSPS) is 24.7. The molecule has 0 aromatic heterocycles. The summed E-state index contributed by atoms with van der Waals surface area (Å²) in [5.74, 6) is 0.0853. The van der Waals surface area contributed by atoms with E-state index < -0.39 is 0 Å². The Labute approximate surface area is 95.0 Å². The molecular formula is C12H17FN2O. The van der Waals surface area contributed by atoms with Gasteiger partial charge in [0.25, 0.3) is 0 Å². The highest BCUT2D eigenvalue weighted by molar-refractivity contribution is 5.46. The van der Waals surface area contributed by atoms with Crippen molar-refractivity contribution >= 4 is 5.69 Å². The summed E-state index contributed by atoms with van der Waals surface area (Å²) in [6, 6.07) is 6.83. The highest BCUT2D eigenvalue weighted by atomic mass is 19.1. The topological polar surface area (TPSA) is 38.5 Å². The molecule has 2 N–H and O–H groups in total. The quantitative estimate of drug-likeness (QED) is 0.839. The molecule has 0 aliphatic carbocycles. The zero-order chi connectivity index (χ0) is 11.5. The monoisotopic (exact) mass is 224 g/mol. The predicted molar refractivity (Wildman–Crippen MR) is 62.0 cm³/mol. The van der Waals surface area contributed by atoms with E-state index in [0.717, 1.165) is 6.54 Å². The molecule has 1 aliphatic heterocycles. The van der Waals surface area contributed by atoms with Crippen LogP contribution in [0.4, 0.5) is 10.1 Å². The molecule has 2 atom stereocenters. The maximum Gasteiger partial charge on any atom is 0.146 e. The van der Waals surface area contributed by atoms with Crippen LogP contribution in [0, 0.1) is 11.7 Å². The van der Waals surface area contributed by atoms with Crippen molar-refractivity contribution in [3.8, 4) is 0 Å². The zero-order valence-electron chi connectivity index (χ0n) is 9.40. The van der Waals surface area contributed by atoms with Crippen molar-refractivity contribution in [2.75, 3.05) is 31.7 Å². The lowest BCUT2D eigenvalue weighted by atomic mass is 10.0. The van der Waals surface area contributed by atoms with Crippen molar-refractivity contribution in [1.82, 2.24) is 0 Å². The molecule has 0 bridgehead atoms. The van der Waals surface area contributed by atoms with Crippen LogP contribution < -0.4 is 10.6 Å². The molecule has 1 aromatic rings. The van der Waals surface area contributed by atoms with Gasteiger partial charge in [0.1, 0.15) is 5.82 Å². The summed E-state index contributed by atoms with van der Waals surface area (Å²) in [4.78, 5) is 1.90. The van der Waals surface area contributed by atoms with E-state index in [2.05, 4.69) is 0 Å². The third kappa shape index (κ3) is 2.33. The lowest BCUT2D eigenvalue weighted by Crippen LogP contribution is -2.37. The van der Waals surface area contributed by atoms with Gasteiger partial charge in [0, 0.05) is 25.6 Å². The molecule has 3 nitrogen and oxygen atoms in total. The average Bonchev–Trinajstić information content (AvgIpc) is 2.65. The summed E-state index contributed by atoms with van der Waals surface area (Å²) >= 11 is 0. The van der Waals surface area contributed by atoms with Crippen LogP contribution in [0.5, 0.6) is 0 Å². The van der Waals surface area contributed by atoms with Crippen LogP contribution in [-0.4, -0.2) is 32.8 Å². The fourth-order valence-corrected chi connectivity index (χ4v) is 2.01. The Morgan fingerprint density at radius 2 is 2.19 bits per heavy atom. The number of ether oxygens (including phenoxy) is 1. The molecule has 2 rings (SSSR count). The Morgan fingerprint density at radius 3 is 2.81 bits per heavy atom. The highest BCUT2D eigenvalue weighted by Crippen LogP contribution is 2.20. The van der Waals surface area contributed by atoms with Crippen molar-refractivity contribution in [1.29, 1.82) is 0 Å². The molecule has 1 saturated heterocycles. The summed E-state index contributed by atoms with van der Waals surface area (Å²) in [6.07, 6.45) is 0. The number of hydrogen-bond acceptors (Lipinski definition) is 3. The molecule has 2 unspecified atom stereocenters. The van der Waals surface area contributed by atoms with Gasteiger partial charge in [-0.3, -0.25) is 0 Å². The third-order valence-corrected chi connectivity index (χ3v) is 3.02. The van der Waals surface area contributed by atoms with E-state index in [0.29, 0.717) is 18.9 Å². The van der Waals surface area contributed by atoms with E-state index in [1.807, 2.05) is 18.0 Å². The van der Waals surface area contributed by atoms with E-state index in [4.69, 9.17) is 10.5 Å². The van der Waals surface area contributed by atoms with Crippen LogP contribution in [0.2, 0.25) is 0 Å². The smallest absolute Gasteiger partial charge is 0.146 e. The van der Waals surface area contributed by atoms with Crippen LogP contribution >= 0.6 is 0 Å². The second kappa shape index (κ2) is 4.80. The number of hydrogen-bond donors (Lipinski definition) is 1. The van der Waals surface area contributed by atoms with Gasteiger partial charge in [-0.2, -0.15) is 0 Å². The maximum absolute atomic E-state index is 13.5. The van der Waals surface area contributed by atoms with Gasteiger partial charge in [-0.05, 0) is 12.1 Å². The van der Waals surface area contributed by atoms with E-state index in [-0.39, 0.29) is 17.8 Å². The standard InChI is InChI=1S/C12H17FN2O/c1-15(6-9-7-16-8-11(9)14)12-5-3-2-4-10(12)13/h2-5,9,11H,6-8,14H2,1H3. The maximum atomic E-state index is 13.5. The van der Waals surface area contributed by atoms with Crippen LogP contribution in [0.25, 0.3) is 0 Å². The summed E-state index contributed by atoms with van der Waals surface area (Å²) < 4.78 is 18.8. The second-order valence-electron chi connectivity index (χ2n) is 4.29. The number of halogens is 1. The van der Waals surface area contributed by atoms with E-state index >= 15 is 0 Å². The number of anilines is 1. The van der Waals surface area contributed by atoms with Gasteiger partial charge in [-0.15, -0.1) is 0 Å². The van der Waals surface area contributed by atoms with Gasteiger partial charge in [0.05, 0.1) is 18.9 Å². The Balaban J connectivity index is 2.03. The minimum atomic E-state index is -0.197. The molecule has 0 amide bonds. The Kier molecular flexibility index (Phi) is 3.41. The fourth-order valence-electron chi connectivity index (χ4n) is 2.01. The Hall–Kier alpha value is -1.13. The van der Waals surface area contributed by atoms with Crippen molar-refractivity contribution in [3.63, 3.8) is 0 Å². The zero-order valence-corrected chi connectivity index (χ0v) is 9.40. The number of rotatable bonds is 3. The minimum absolute atomic E-state index is 0.0641. The molecule has 1 heterocycles. The molecule has 0 radical (unpaired) electrons. The molecule has 16 heavy (non-hydrogen) atoms. The van der Waals surface area contributed by atoms with Gasteiger partial charge >= 0.3 is 0 Å². The highest BCUT2D eigenvalue weighted by Gasteiger charge is 2.26. The second-order valence-corrected chi connectivity index (χ2v) is 4.29. The van der Waals surface area contributed by atoms with Crippen molar-refractivity contribution in [2.24, 2.45) is 11.7 Å². The van der Waals surface area contributed by atoms with E-state index in [1.54, 1.807) is 12.1 Å². The van der Waals surface area contributed by atoms with Crippen molar-refractivity contribution in [3.05, 3.63) is 30.1 Å². The van der Waals surface area contributed by atoms with E-state index in [9.17, 15) is 4.39 Å². The summed E-state index contributed by atoms with van der Waals surface area (Å²) in [6.45, 7) is 2.00. The number of nitrogens with two attached hydrogens (primary N) is 1. The number of benzene rings is 1. The molecule has 1 fully saturated rings. The number of nitrogens with zero attached hydrogens (tertiary/aromatic N) is 1. The van der Waals surface area contributed by atoms with Gasteiger partial charge < -0.3 is 15.4 Å². The SMILES string of the molecule is CN(CC1COCC1N)c1ccccc1F. The van der Waals surface area contributed by atoms with E-state index in [1.165, 1.54) is 6.07 Å². The Morgan fingerprint density at radius 1 is 1.44 bits per heavy atom.